The van der Waals surface area contributed by atoms with Crippen molar-refractivity contribution in [3.63, 3.8) is 0 Å². The van der Waals surface area contributed by atoms with Crippen LogP contribution in [0.2, 0.25) is 0 Å². The molecule has 0 N–H and O–H groups in total. The molecule has 0 bridgehead atoms. The van der Waals surface area contributed by atoms with Crippen molar-refractivity contribution in [3.05, 3.63) is 29.1 Å². The first-order chi connectivity index (χ1) is 17.0. The highest BCUT2D eigenvalue weighted by atomic mass is 19.1. The summed E-state index contributed by atoms with van der Waals surface area (Å²) in [6, 6.07) is 2.95. The lowest BCUT2D eigenvalue weighted by Crippen LogP contribution is -2.52. The zero-order chi connectivity index (χ0) is 24.2. The molecule has 3 aliphatic heterocycles. The van der Waals surface area contributed by atoms with Gasteiger partial charge < -0.3 is 14.4 Å². The zero-order valence-electron chi connectivity index (χ0n) is 20.0. The predicted molar refractivity (Wildman–Crippen MR) is 124 cm³/mol. The van der Waals surface area contributed by atoms with Gasteiger partial charge in [0.25, 0.3) is 5.91 Å². The van der Waals surface area contributed by atoms with E-state index in [1.165, 1.54) is 30.0 Å². The maximum Gasteiger partial charge on any atom is 0.273 e. The quantitative estimate of drug-likeness (QED) is 0.574. The standard InChI is InChI=1S/C26H32FN3O5/c27-21-7-6-19-20(16-29(25(19)33)30-22(31)2-1-3-23(30)32)24(21)28(13-10-17-4-5-17)18-8-11-26(12-9-18)34-14-15-35-26/h6-7,17-18H,1-5,8-16H2. The summed E-state index contributed by atoms with van der Waals surface area (Å²) in [5, 5.41) is 2.20. The molecule has 4 fully saturated rings. The lowest BCUT2D eigenvalue weighted by molar-refractivity contribution is -0.178. The molecule has 0 aromatic heterocycles. The van der Waals surface area contributed by atoms with Crippen LogP contribution in [0.1, 0.15) is 80.1 Å². The number of anilines is 1. The molecule has 35 heavy (non-hydrogen) atoms. The summed E-state index contributed by atoms with van der Waals surface area (Å²) >= 11 is 0. The molecule has 6 rings (SSSR count). The van der Waals surface area contributed by atoms with Gasteiger partial charge in [-0.25, -0.2) is 9.40 Å². The predicted octanol–water partition coefficient (Wildman–Crippen LogP) is 3.53. The second-order valence-corrected chi connectivity index (χ2v) is 10.5. The van der Waals surface area contributed by atoms with E-state index in [4.69, 9.17) is 9.47 Å². The van der Waals surface area contributed by atoms with Gasteiger partial charge in [0.1, 0.15) is 5.82 Å². The van der Waals surface area contributed by atoms with Gasteiger partial charge in [-0.15, -0.1) is 0 Å². The van der Waals surface area contributed by atoms with Crippen LogP contribution in [0, 0.1) is 11.7 Å². The Kier molecular flexibility index (Phi) is 5.79. The van der Waals surface area contributed by atoms with Crippen LogP contribution in [-0.4, -0.2) is 59.3 Å². The normalized spacial score (nSPS) is 24.5. The van der Waals surface area contributed by atoms with Crippen LogP contribution in [0.15, 0.2) is 12.1 Å². The van der Waals surface area contributed by atoms with Crippen LogP contribution in [0.5, 0.6) is 0 Å². The van der Waals surface area contributed by atoms with Crippen molar-refractivity contribution in [2.24, 2.45) is 5.92 Å². The molecule has 0 unspecified atom stereocenters. The van der Waals surface area contributed by atoms with Gasteiger partial charge in [-0.1, -0.05) is 12.8 Å². The molecule has 1 aromatic carbocycles. The Hall–Kier alpha value is -2.52. The van der Waals surface area contributed by atoms with Crippen molar-refractivity contribution >= 4 is 23.4 Å². The Balaban J connectivity index is 1.31. The molecule has 1 aromatic rings. The monoisotopic (exact) mass is 485 g/mol. The van der Waals surface area contributed by atoms with Gasteiger partial charge in [0.15, 0.2) is 5.79 Å². The van der Waals surface area contributed by atoms with Gasteiger partial charge >= 0.3 is 0 Å². The third kappa shape index (κ3) is 4.12. The van der Waals surface area contributed by atoms with Crippen molar-refractivity contribution in [3.8, 4) is 0 Å². The summed E-state index contributed by atoms with van der Waals surface area (Å²) in [6.07, 6.45) is 7.51. The number of hydrogen-bond acceptors (Lipinski definition) is 6. The molecule has 5 aliphatic rings. The molecule has 8 nitrogen and oxygen atoms in total. The molecule has 3 amide bonds. The third-order valence-electron chi connectivity index (χ3n) is 8.24. The van der Waals surface area contributed by atoms with Crippen molar-refractivity contribution < 1.29 is 28.2 Å². The van der Waals surface area contributed by atoms with Crippen molar-refractivity contribution in [2.75, 3.05) is 24.7 Å². The van der Waals surface area contributed by atoms with Crippen molar-refractivity contribution in [2.45, 2.75) is 82.6 Å². The van der Waals surface area contributed by atoms with Gasteiger partial charge in [0, 0.05) is 49.4 Å². The van der Waals surface area contributed by atoms with E-state index in [1.807, 2.05) is 0 Å². The molecule has 2 saturated heterocycles. The molecule has 0 radical (unpaired) electrons. The third-order valence-corrected chi connectivity index (χ3v) is 8.24. The summed E-state index contributed by atoms with van der Waals surface area (Å²) in [5.74, 6) is -1.34. The first kappa shape index (κ1) is 22.9. The Labute approximate surface area is 204 Å². The number of amides is 3. The first-order valence-corrected chi connectivity index (χ1v) is 13.0. The van der Waals surface area contributed by atoms with Gasteiger partial charge in [-0.2, -0.15) is 5.01 Å². The number of rotatable bonds is 6. The summed E-state index contributed by atoms with van der Waals surface area (Å²) in [4.78, 5) is 40.5. The highest BCUT2D eigenvalue weighted by Gasteiger charge is 2.45. The van der Waals surface area contributed by atoms with Gasteiger partial charge in [0.2, 0.25) is 11.8 Å². The second-order valence-electron chi connectivity index (χ2n) is 10.5. The molecule has 3 heterocycles. The number of ether oxygens (including phenoxy) is 2. The Bertz CT molecular complexity index is 1030. The zero-order valence-corrected chi connectivity index (χ0v) is 20.0. The topological polar surface area (TPSA) is 79.4 Å². The molecular formula is C26H32FN3O5. The fourth-order valence-electron chi connectivity index (χ4n) is 6.16. The number of hydrazine groups is 1. The van der Waals surface area contributed by atoms with Gasteiger partial charge in [0.05, 0.1) is 25.4 Å². The largest absolute Gasteiger partial charge is 0.366 e. The molecule has 2 saturated carbocycles. The molecular weight excluding hydrogens is 453 g/mol. The molecule has 1 spiro atoms. The summed E-state index contributed by atoms with van der Waals surface area (Å²) in [7, 11) is 0. The van der Waals surface area contributed by atoms with E-state index in [0.717, 1.165) is 37.1 Å². The van der Waals surface area contributed by atoms with Gasteiger partial charge in [-0.3, -0.25) is 14.4 Å². The van der Waals surface area contributed by atoms with Crippen LogP contribution >= 0.6 is 0 Å². The molecule has 2 aliphatic carbocycles. The lowest BCUT2D eigenvalue weighted by atomic mass is 9.88. The Morgan fingerprint density at radius 2 is 1.69 bits per heavy atom. The van der Waals surface area contributed by atoms with E-state index >= 15 is 4.39 Å². The van der Waals surface area contributed by atoms with Gasteiger partial charge in [-0.05, 0) is 43.7 Å². The number of piperidine rings is 1. The number of carbonyl (C=O) groups is 3. The van der Waals surface area contributed by atoms with Crippen LogP contribution in [0.4, 0.5) is 10.1 Å². The maximum absolute atomic E-state index is 15.6. The summed E-state index contributed by atoms with van der Waals surface area (Å²) < 4.78 is 27.4. The highest BCUT2D eigenvalue weighted by Crippen LogP contribution is 2.43. The smallest absolute Gasteiger partial charge is 0.273 e. The van der Waals surface area contributed by atoms with Crippen LogP contribution < -0.4 is 4.90 Å². The molecule has 0 atom stereocenters. The fraction of sp³-hybridized carbons (Fsp3) is 0.654. The van der Waals surface area contributed by atoms with Crippen LogP contribution in [-0.2, 0) is 25.6 Å². The highest BCUT2D eigenvalue weighted by molar-refractivity contribution is 6.05. The minimum absolute atomic E-state index is 0.0293. The number of fused-ring (bicyclic) bond motifs is 1. The second kappa shape index (κ2) is 8.85. The minimum atomic E-state index is -0.502. The number of benzene rings is 1. The van der Waals surface area contributed by atoms with Crippen molar-refractivity contribution in [1.82, 2.24) is 10.0 Å². The number of nitrogens with zero attached hydrogens (tertiary/aromatic N) is 3. The van der Waals surface area contributed by atoms with E-state index in [9.17, 15) is 14.4 Å². The van der Waals surface area contributed by atoms with E-state index in [2.05, 4.69) is 4.90 Å². The number of hydrogen-bond donors (Lipinski definition) is 0. The van der Waals surface area contributed by atoms with E-state index in [-0.39, 0.29) is 43.1 Å². The van der Waals surface area contributed by atoms with E-state index in [1.54, 1.807) is 0 Å². The van der Waals surface area contributed by atoms with Crippen molar-refractivity contribution in [1.29, 1.82) is 0 Å². The Morgan fingerprint density at radius 1 is 1.00 bits per heavy atom. The number of imide groups is 1. The molecule has 9 heteroatoms. The first-order valence-electron chi connectivity index (χ1n) is 13.0. The Morgan fingerprint density at radius 3 is 2.34 bits per heavy atom. The summed E-state index contributed by atoms with van der Waals surface area (Å²) in [5.41, 5.74) is 1.40. The maximum atomic E-state index is 15.6. The average Bonchev–Trinajstić information content (AvgIpc) is 3.48. The van der Waals surface area contributed by atoms with E-state index < -0.39 is 11.7 Å². The van der Waals surface area contributed by atoms with Crippen LogP contribution in [0.25, 0.3) is 0 Å². The lowest BCUT2D eigenvalue weighted by Gasteiger charge is -2.42. The summed E-state index contributed by atoms with van der Waals surface area (Å²) in [6.45, 7) is 1.97. The number of carbonyl (C=O) groups excluding carboxylic acids is 3. The number of halogens is 1. The molecule has 188 valence electrons. The SMILES string of the molecule is O=C1c2ccc(F)c(N(CCC3CC3)C3CCC4(CC3)OCCO4)c2CN1N1C(=O)CCCC1=O. The fourth-order valence-corrected chi connectivity index (χ4v) is 6.16. The van der Waals surface area contributed by atoms with E-state index in [0.29, 0.717) is 48.9 Å². The minimum Gasteiger partial charge on any atom is -0.366 e. The van der Waals surface area contributed by atoms with Crippen LogP contribution in [0.3, 0.4) is 0 Å². The average molecular weight is 486 g/mol.